The van der Waals surface area contributed by atoms with Crippen LogP contribution in [0.5, 0.6) is 0 Å². The molecule has 0 radical (unpaired) electrons. The van der Waals surface area contributed by atoms with Crippen LogP contribution < -0.4 is 0 Å². The second-order valence-corrected chi connectivity index (χ2v) is 6.92. The lowest BCUT2D eigenvalue weighted by atomic mass is 10.1. The number of carbonyl (C=O) groups excluding carboxylic acids is 4. The zero-order valence-corrected chi connectivity index (χ0v) is 16.4. The summed E-state index contributed by atoms with van der Waals surface area (Å²) in [6.07, 6.45) is 0.529. The average Bonchev–Trinajstić information content (AvgIpc) is 3.05. The average molecular weight is 394 g/mol. The molecule has 1 fully saturated rings. The van der Waals surface area contributed by atoms with E-state index in [1.165, 1.54) is 12.0 Å². The third-order valence-electron chi connectivity index (χ3n) is 4.84. The molecule has 0 unspecified atom stereocenters. The molecule has 7 heteroatoms. The van der Waals surface area contributed by atoms with E-state index in [0.29, 0.717) is 17.7 Å². The number of hydrogen-bond donors (Lipinski definition) is 0. The fourth-order valence-electron chi connectivity index (χ4n) is 3.16. The lowest BCUT2D eigenvalue weighted by Crippen LogP contribution is -2.28. The molecule has 1 heterocycles. The number of nitrogens with zero attached hydrogens (tertiary/aromatic N) is 2. The summed E-state index contributed by atoms with van der Waals surface area (Å²) in [5.74, 6) is -0.874. The van der Waals surface area contributed by atoms with Gasteiger partial charge < -0.3 is 9.64 Å². The van der Waals surface area contributed by atoms with Gasteiger partial charge in [-0.3, -0.25) is 19.3 Å². The first-order valence-corrected chi connectivity index (χ1v) is 9.24. The second-order valence-electron chi connectivity index (χ2n) is 6.92. The topological polar surface area (TPSA) is 84.0 Å². The minimum Gasteiger partial charge on any atom is -0.465 e. The number of imide groups is 1. The molecule has 150 valence electrons. The second kappa shape index (κ2) is 8.68. The Morgan fingerprint density at radius 3 is 1.97 bits per heavy atom. The van der Waals surface area contributed by atoms with Crippen molar-refractivity contribution in [2.45, 2.75) is 25.9 Å². The van der Waals surface area contributed by atoms with Crippen LogP contribution in [0.1, 0.15) is 44.7 Å². The van der Waals surface area contributed by atoms with Gasteiger partial charge in [-0.1, -0.05) is 24.3 Å². The fourth-order valence-corrected chi connectivity index (χ4v) is 3.16. The Balaban J connectivity index is 1.61. The predicted octanol–water partition coefficient (Wildman–Crippen LogP) is 2.39. The maximum Gasteiger partial charge on any atom is 0.337 e. The highest BCUT2D eigenvalue weighted by Crippen LogP contribution is 2.17. The summed E-state index contributed by atoms with van der Waals surface area (Å²) in [5.41, 5.74) is 2.65. The molecule has 0 N–H and O–H groups in total. The van der Waals surface area contributed by atoms with E-state index in [4.69, 9.17) is 0 Å². The van der Waals surface area contributed by atoms with Gasteiger partial charge >= 0.3 is 5.97 Å². The lowest BCUT2D eigenvalue weighted by Gasteiger charge is -2.18. The molecule has 2 aromatic rings. The normalized spacial score (nSPS) is 13.5. The maximum absolute atomic E-state index is 12.7. The summed E-state index contributed by atoms with van der Waals surface area (Å²) in [6.45, 7) is 0.618. The Morgan fingerprint density at radius 2 is 1.41 bits per heavy atom. The van der Waals surface area contributed by atoms with E-state index in [1.807, 2.05) is 0 Å². The van der Waals surface area contributed by atoms with Gasteiger partial charge in [0.05, 0.1) is 19.2 Å². The molecule has 1 aliphatic heterocycles. The molecule has 0 aliphatic carbocycles. The molecule has 3 amide bonds. The lowest BCUT2D eigenvalue weighted by molar-refractivity contribution is -0.139. The summed E-state index contributed by atoms with van der Waals surface area (Å²) < 4.78 is 4.67. The van der Waals surface area contributed by atoms with Gasteiger partial charge in [0.25, 0.3) is 5.91 Å². The van der Waals surface area contributed by atoms with E-state index >= 15 is 0 Å². The van der Waals surface area contributed by atoms with Gasteiger partial charge in [0.2, 0.25) is 11.8 Å². The van der Waals surface area contributed by atoms with Crippen LogP contribution in [0, 0.1) is 0 Å². The van der Waals surface area contributed by atoms with Crippen molar-refractivity contribution in [3.63, 3.8) is 0 Å². The van der Waals surface area contributed by atoms with Crippen LogP contribution in [0.2, 0.25) is 0 Å². The quantitative estimate of drug-likeness (QED) is 0.555. The number of methoxy groups -OCH3 is 1. The Labute approximate surface area is 168 Å². The molecule has 0 aromatic heterocycles. The number of ether oxygens (including phenoxy) is 1. The van der Waals surface area contributed by atoms with Crippen molar-refractivity contribution in [1.29, 1.82) is 0 Å². The fraction of sp³-hybridized carbons (Fsp3) is 0.273. The van der Waals surface area contributed by atoms with Crippen LogP contribution in [-0.4, -0.2) is 47.6 Å². The van der Waals surface area contributed by atoms with Gasteiger partial charge in [-0.2, -0.15) is 0 Å². The molecule has 0 bridgehead atoms. The van der Waals surface area contributed by atoms with Crippen molar-refractivity contribution in [1.82, 2.24) is 9.80 Å². The number of likely N-dealkylation sites (tertiary alicyclic amines) is 1. The summed E-state index contributed by atoms with van der Waals surface area (Å²) in [7, 11) is 3.03. The Kier molecular flexibility index (Phi) is 6.07. The third kappa shape index (κ3) is 4.68. The molecule has 0 atom stereocenters. The smallest absolute Gasteiger partial charge is 0.337 e. The number of rotatable bonds is 6. The number of hydrogen-bond acceptors (Lipinski definition) is 5. The van der Waals surface area contributed by atoms with E-state index in [2.05, 4.69) is 4.74 Å². The van der Waals surface area contributed by atoms with Crippen LogP contribution in [-0.2, 0) is 27.4 Å². The van der Waals surface area contributed by atoms with Crippen LogP contribution in [0.15, 0.2) is 48.5 Å². The number of esters is 1. The van der Waals surface area contributed by atoms with E-state index in [0.717, 1.165) is 11.1 Å². The molecule has 1 saturated heterocycles. The number of benzene rings is 2. The van der Waals surface area contributed by atoms with Crippen LogP contribution in [0.3, 0.4) is 0 Å². The SMILES string of the molecule is COC(=O)c1ccc(CN(C)C(=O)c2ccc(CN3C(=O)CCC3=O)cc2)cc1. The van der Waals surface area contributed by atoms with Crippen molar-refractivity contribution >= 4 is 23.7 Å². The highest BCUT2D eigenvalue weighted by atomic mass is 16.5. The Morgan fingerprint density at radius 1 is 0.897 bits per heavy atom. The standard InChI is InChI=1S/C22H22N2O5/c1-23(13-15-5-9-18(10-6-15)22(28)29-2)21(27)17-7-3-16(4-8-17)14-24-19(25)11-12-20(24)26/h3-10H,11-14H2,1-2H3. The molecule has 0 spiro atoms. The van der Waals surface area contributed by atoms with Gasteiger partial charge in [-0.15, -0.1) is 0 Å². The molecule has 29 heavy (non-hydrogen) atoms. The molecule has 7 nitrogen and oxygen atoms in total. The first kappa shape index (κ1) is 20.3. The molecule has 3 rings (SSSR count). The van der Waals surface area contributed by atoms with Gasteiger partial charge in [0, 0.05) is 32.0 Å². The van der Waals surface area contributed by atoms with Crippen molar-refractivity contribution in [3.05, 3.63) is 70.8 Å². The minimum absolute atomic E-state index is 0.151. The zero-order chi connectivity index (χ0) is 21.0. The Hall–Kier alpha value is -3.48. The highest BCUT2D eigenvalue weighted by molar-refractivity contribution is 6.01. The van der Waals surface area contributed by atoms with Gasteiger partial charge in [-0.25, -0.2) is 4.79 Å². The molecular weight excluding hydrogens is 372 g/mol. The Bertz CT molecular complexity index is 919. The zero-order valence-electron chi connectivity index (χ0n) is 16.4. The first-order valence-electron chi connectivity index (χ1n) is 9.24. The van der Waals surface area contributed by atoms with Crippen LogP contribution in [0.25, 0.3) is 0 Å². The number of amides is 3. The van der Waals surface area contributed by atoms with Crippen LogP contribution >= 0.6 is 0 Å². The van der Waals surface area contributed by atoms with E-state index < -0.39 is 5.97 Å². The largest absolute Gasteiger partial charge is 0.465 e. The molecule has 0 saturated carbocycles. The maximum atomic E-state index is 12.7. The molecular formula is C22H22N2O5. The number of carbonyl (C=O) groups is 4. The van der Waals surface area contributed by atoms with Crippen molar-refractivity contribution in [2.75, 3.05) is 14.2 Å². The highest BCUT2D eigenvalue weighted by Gasteiger charge is 2.28. The van der Waals surface area contributed by atoms with Crippen LogP contribution in [0.4, 0.5) is 0 Å². The monoisotopic (exact) mass is 394 g/mol. The van der Waals surface area contributed by atoms with E-state index in [9.17, 15) is 19.2 Å². The summed E-state index contributed by atoms with van der Waals surface area (Å²) >= 11 is 0. The van der Waals surface area contributed by atoms with Crippen molar-refractivity contribution in [3.8, 4) is 0 Å². The van der Waals surface area contributed by atoms with Gasteiger partial charge in [0.15, 0.2) is 0 Å². The van der Waals surface area contributed by atoms with Gasteiger partial charge in [-0.05, 0) is 35.4 Å². The van der Waals surface area contributed by atoms with Gasteiger partial charge in [0.1, 0.15) is 0 Å². The molecule has 2 aromatic carbocycles. The van der Waals surface area contributed by atoms with E-state index in [-0.39, 0.29) is 37.1 Å². The third-order valence-corrected chi connectivity index (χ3v) is 4.84. The van der Waals surface area contributed by atoms with E-state index in [1.54, 1.807) is 60.5 Å². The summed E-state index contributed by atoms with van der Waals surface area (Å²) in [5, 5.41) is 0. The first-order chi connectivity index (χ1) is 13.9. The molecule has 1 aliphatic rings. The summed E-state index contributed by atoms with van der Waals surface area (Å²) in [6, 6.07) is 13.8. The predicted molar refractivity (Wildman–Crippen MR) is 105 cm³/mol. The van der Waals surface area contributed by atoms with Crippen molar-refractivity contribution < 1.29 is 23.9 Å². The minimum atomic E-state index is -0.404. The van der Waals surface area contributed by atoms with Crippen molar-refractivity contribution in [2.24, 2.45) is 0 Å². The summed E-state index contributed by atoms with van der Waals surface area (Å²) in [4.78, 5) is 50.4.